The zero-order valence-corrected chi connectivity index (χ0v) is 11.5. The largest absolute Gasteiger partial charge is 0.351 e. The van der Waals surface area contributed by atoms with Crippen molar-refractivity contribution in [3.63, 3.8) is 0 Å². The standard InChI is InChI=1S/C13H16FNO3S/c1-9-7-10(4-5-12(9)14)13(16)15-8-11-3-2-6-19(11,17)18/h4-5,7,11H,2-3,6,8H2,1H3,(H,15,16). The maximum atomic E-state index is 13.1. The molecule has 1 saturated heterocycles. The van der Waals surface area contributed by atoms with E-state index in [1.807, 2.05) is 0 Å². The van der Waals surface area contributed by atoms with Gasteiger partial charge in [-0.25, -0.2) is 12.8 Å². The fraction of sp³-hybridized carbons (Fsp3) is 0.462. The first kappa shape index (κ1) is 14.0. The molecule has 1 N–H and O–H groups in total. The third kappa shape index (κ3) is 3.12. The number of aryl methyl sites for hydroxylation is 1. The van der Waals surface area contributed by atoms with Gasteiger partial charge in [0.15, 0.2) is 9.84 Å². The fourth-order valence-electron chi connectivity index (χ4n) is 2.18. The van der Waals surface area contributed by atoms with Crippen LogP contribution in [-0.4, -0.2) is 31.9 Å². The Kier molecular flexibility index (Phi) is 3.89. The average molecular weight is 285 g/mol. The second kappa shape index (κ2) is 5.28. The molecule has 1 unspecified atom stereocenters. The van der Waals surface area contributed by atoms with Crippen molar-refractivity contribution < 1.29 is 17.6 Å². The van der Waals surface area contributed by atoms with Crippen molar-refractivity contribution in [3.05, 3.63) is 35.1 Å². The van der Waals surface area contributed by atoms with E-state index in [1.54, 1.807) is 6.92 Å². The summed E-state index contributed by atoms with van der Waals surface area (Å²) in [5.74, 6) is -0.538. The number of rotatable bonds is 3. The summed E-state index contributed by atoms with van der Waals surface area (Å²) in [7, 11) is -3.05. The highest BCUT2D eigenvalue weighted by Gasteiger charge is 2.31. The average Bonchev–Trinajstić information content (AvgIpc) is 2.69. The van der Waals surface area contributed by atoms with Crippen LogP contribution in [0, 0.1) is 12.7 Å². The Hall–Kier alpha value is -1.43. The van der Waals surface area contributed by atoms with Crippen LogP contribution in [0.3, 0.4) is 0 Å². The Morgan fingerprint density at radius 1 is 1.47 bits per heavy atom. The molecule has 1 aliphatic heterocycles. The van der Waals surface area contributed by atoms with E-state index in [9.17, 15) is 17.6 Å². The van der Waals surface area contributed by atoms with Crippen molar-refractivity contribution in [2.75, 3.05) is 12.3 Å². The minimum atomic E-state index is -3.05. The van der Waals surface area contributed by atoms with Gasteiger partial charge in [0.05, 0.1) is 11.0 Å². The van der Waals surface area contributed by atoms with Crippen LogP contribution in [0.15, 0.2) is 18.2 Å². The molecule has 0 radical (unpaired) electrons. The summed E-state index contributed by atoms with van der Waals surface area (Å²) in [5, 5.41) is 2.11. The van der Waals surface area contributed by atoms with E-state index in [4.69, 9.17) is 0 Å². The summed E-state index contributed by atoms with van der Waals surface area (Å²) >= 11 is 0. The predicted octanol–water partition coefficient (Wildman–Crippen LogP) is 1.44. The third-order valence-corrected chi connectivity index (χ3v) is 5.65. The lowest BCUT2D eigenvalue weighted by Gasteiger charge is -2.11. The van der Waals surface area contributed by atoms with Crippen LogP contribution >= 0.6 is 0 Å². The molecule has 1 aliphatic rings. The number of halogens is 1. The molecule has 0 spiro atoms. The molecular weight excluding hydrogens is 269 g/mol. The van der Waals surface area contributed by atoms with Crippen molar-refractivity contribution in [2.24, 2.45) is 0 Å². The Morgan fingerprint density at radius 2 is 2.21 bits per heavy atom. The third-order valence-electron chi connectivity index (χ3n) is 3.37. The molecule has 1 aromatic rings. The second-order valence-corrected chi connectivity index (χ2v) is 7.21. The summed E-state index contributed by atoms with van der Waals surface area (Å²) in [4.78, 5) is 11.8. The van der Waals surface area contributed by atoms with E-state index in [2.05, 4.69) is 5.32 Å². The summed E-state index contributed by atoms with van der Waals surface area (Å²) in [5.41, 5.74) is 0.732. The Labute approximate surface area is 111 Å². The van der Waals surface area contributed by atoms with E-state index in [0.29, 0.717) is 24.0 Å². The molecule has 0 bridgehead atoms. The Morgan fingerprint density at radius 3 is 2.79 bits per heavy atom. The van der Waals surface area contributed by atoms with Crippen LogP contribution < -0.4 is 5.32 Å². The number of hydrogen-bond acceptors (Lipinski definition) is 3. The van der Waals surface area contributed by atoms with Gasteiger partial charge in [0.25, 0.3) is 5.91 Å². The topological polar surface area (TPSA) is 63.2 Å². The van der Waals surface area contributed by atoms with Crippen LogP contribution in [0.25, 0.3) is 0 Å². The predicted molar refractivity (Wildman–Crippen MR) is 70.3 cm³/mol. The van der Waals surface area contributed by atoms with E-state index in [-0.39, 0.29) is 24.0 Å². The van der Waals surface area contributed by atoms with Gasteiger partial charge in [-0.3, -0.25) is 4.79 Å². The number of carbonyl (C=O) groups is 1. The normalized spacial score (nSPS) is 21.3. The maximum absolute atomic E-state index is 13.1. The van der Waals surface area contributed by atoms with E-state index in [1.165, 1.54) is 18.2 Å². The molecule has 0 aliphatic carbocycles. The lowest BCUT2D eigenvalue weighted by Crippen LogP contribution is -2.34. The van der Waals surface area contributed by atoms with Crippen molar-refractivity contribution in [1.29, 1.82) is 0 Å². The summed E-state index contributed by atoms with van der Waals surface area (Å²) < 4.78 is 36.3. The van der Waals surface area contributed by atoms with Gasteiger partial charge in [-0.05, 0) is 43.5 Å². The molecule has 0 aromatic heterocycles. The van der Waals surface area contributed by atoms with Gasteiger partial charge in [0, 0.05) is 12.1 Å². The first-order valence-electron chi connectivity index (χ1n) is 6.16. The van der Waals surface area contributed by atoms with Gasteiger partial charge in [-0.2, -0.15) is 0 Å². The summed E-state index contributed by atoms with van der Waals surface area (Å²) in [6.45, 7) is 1.70. The van der Waals surface area contributed by atoms with Crippen molar-refractivity contribution in [2.45, 2.75) is 25.0 Å². The lowest BCUT2D eigenvalue weighted by molar-refractivity contribution is 0.0953. The smallest absolute Gasteiger partial charge is 0.251 e. The molecule has 0 saturated carbocycles. The molecule has 1 fully saturated rings. The zero-order chi connectivity index (χ0) is 14.0. The van der Waals surface area contributed by atoms with Crippen LogP contribution in [0.1, 0.15) is 28.8 Å². The Balaban J connectivity index is 2.00. The molecule has 1 heterocycles. The molecular formula is C13H16FNO3S. The SMILES string of the molecule is Cc1cc(C(=O)NCC2CCCS2(=O)=O)ccc1F. The number of nitrogens with one attached hydrogen (secondary N) is 1. The molecule has 1 atom stereocenters. The monoisotopic (exact) mass is 285 g/mol. The van der Waals surface area contributed by atoms with E-state index >= 15 is 0 Å². The van der Waals surface area contributed by atoms with Crippen molar-refractivity contribution >= 4 is 15.7 Å². The number of amides is 1. The lowest BCUT2D eigenvalue weighted by atomic mass is 10.1. The molecule has 4 nitrogen and oxygen atoms in total. The van der Waals surface area contributed by atoms with Crippen LogP contribution in [0.4, 0.5) is 4.39 Å². The minimum absolute atomic E-state index is 0.123. The molecule has 104 valence electrons. The highest BCUT2D eigenvalue weighted by molar-refractivity contribution is 7.92. The van der Waals surface area contributed by atoms with Gasteiger partial charge >= 0.3 is 0 Å². The van der Waals surface area contributed by atoms with Crippen molar-refractivity contribution in [1.82, 2.24) is 5.32 Å². The minimum Gasteiger partial charge on any atom is -0.351 e. The fourth-order valence-corrected chi connectivity index (χ4v) is 3.95. The van der Waals surface area contributed by atoms with E-state index < -0.39 is 15.1 Å². The quantitative estimate of drug-likeness (QED) is 0.914. The first-order valence-corrected chi connectivity index (χ1v) is 7.87. The number of sulfone groups is 1. The molecule has 6 heteroatoms. The molecule has 1 aromatic carbocycles. The molecule has 2 rings (SSSR count). The second-order valence-electron chi connectivity index (χ2n) is 4.81. The highest BCUT2D eigenvalue weighted by Crippen LogP contribution is 2.19. The molecule has 1 amide bonds. The van der Waals surface area contributed by atoms with Gasteiger partial charge in [-0.15, -0.1) is 0 Å². The van der Waals surface area contributed by atoms with Crippen molar-refractivity contribution in [3.8, 4) is 0 Å². The zero-order valence-electron chi connectivity index (χ0n) is 10.6. The van der Waals surface area contributed by atoms with Crippen LogP contribution in [0.2, 0.25) is 0 Å². The number of hydrogen-bond donors (Lipinski definition) is 1. The maximum Gasteiger partial charge on any atom is 0.251 e. The van der Waals surface area contributed by atoms with Gasteiger partial charge in [-0.1, -0.05) is 0 Å². The summed E-state index contributed by atoms with van der Waals surface area (Å²) in [6, 6.07) is 4.07. The van der Waals surface area contributed by atoms with Crippen LogP contribution in [-0.2, 0) is 9.84 Å². The van der Waals surface area contributed by atoms with Gasteiger partial charge in [0.2, 0.25) is 0 Å². The first-order chi connectivity index (χ1) is 8.90. The number of carbonyl (C=O) groups excluding carboxylic acids is 1. The van der Waals surface area contributed by atoms with Crippen LogP contribution in [0.5, 0.6) is 0 Å². The molecule has 19 heavy (non-hydrogen) atoms. The van der Waals surface area contributed by atoms with E-state index in [0.717, 1.165) is 0 Å². The van der Waals surface area contributed by atoms with Gasteiger partial charge in [0.1, 0.15) is 5.82 Å². The number of benzene rings is 1. The highest BCUT2D eigenvalue weighted by atomic mass is 32.2. The Bertz CT molecular complexity index is 598. The summed E-state index contributed by atoms with van der Waals surface area (Å²) in [6.07, 6.45) is 1.24. The van der Waals surface area contributed by atoms with Gasteiger partial charge < -0.3 is 5.32 Å².